The Balaban J connectivity index is 1.86. The van der Waals surface area contributed by atoms with Crippen molar-refractivity contribution < 1.29 is 17.9 Å². The SMILES string of the molecule is COc1ccc(C(=O)N2CCCC2CC(C)(C)C)cc1S(=O)(=O)NC1CCCC1. The molecule has 2 aliphatic rings. The molecule has 1 saturated carbocycles. The number of sulfonamides is 1. The molecule has 1 aliphatic carbocycles. The van der Waals surface area contributed by atoms with Crippen molar-refractivity contribution in [2.75, 3.05) is 13.7 Å². The molecule has 1 atom stereocenters. The number of nitrogens with zero attached hydrogens (tertiary/aromatic N) is 1. The summed E-state index contributed by atoms with van der Waals surface area (Å²) < 4.78 is 34.1. The lowest BCUT2D eigenvalue weighted by molar-refractivity contribution is 0.0704. The first kappa shape index (κ1) is 22.1. The third kappa shape index (κ3) is 5.31. The number of methoxy groups -OCH3 is 1. The van der Waals surface area contributed by atoms with Gasteiger partial charge in [0.15, 0.2) is 0 Å². The first-order valence-corrected chi connectivity index (χ1v) is 12.1. The van der Waals surface area contributed by atoms with Crippen molar-refractivity contribution in [1.82, 2.24) is 9.62 Å². The lowest BCUT2D eigenvalue weighted by Gasteiger charge is -2.30. The van der Waals surface area contributed by atoms with Crippen LogP contribution in [-0.2, 0) is 10.0 Å². The highest BCUT2D eigenvalue weighted by Gasteiger charge is 2.33. The average Bonchev–Trinajstić information content (AvgIpc) is 3.30. The number of hydrogen-bond acceptors (Lipinski definition) is 4. The number of rotatable bonds is 6. The van der Waals surface area contributed by atoms with Gasteiger partial charge in [-0.3, -0.25) is 4.79 Å². The molecule has 7 heteroatoms. The Kier molecular flexibility index (Phi) is 6.58. The summed E-state index contributed by atoms with van der Waals surface area (Å²) in [7, 11) is -2.30. The topological polar surface area (TPSA) is 75.7 Å². The third-order valence-electron chi connectivity index (χ3n) is 5.86. The fraction of sp³-hybridized carbons (Fsp3) is 0.682. The molecule has 1 amide bonds. The van der Waals surface area contributed by atoms with E-state index in [1.165, 1.54) is 13.2 Å². The van der Waals surface area contributed by atoms with Crippen molar-refractivity contribution >= 4 is 15.9 Å². The molecule has 1 heterocycles. The number of likely N-dealkylation sites (tertiary alicyclic amines) is 1. The maximum absolute atomic E-state index is 13.2. The number of benzene rings is 1. The molecule has 6 nitrogen and oxygen atoms in total. The van der Waals surface area contributed by atoms with Crippen LogP contribution in [0.15, 0.2) is 23.1 Å². The van der Waals surface area contributed by atoms with Gasteiger partial charge < -0.3 is 9.64 Å². The molecule has 1 aromatic rings. The minimum Gasteiger partial charge on any atom is -0.495 e. The zero-order valence-corrected chi connectivity index (χ0v) is 18.8. The van der Waals surface area contributed by atoms with E-state index in [0.29, 0.717) is 12.1 Å². The van der Waals surface area contributed by atoms with Crippen LogP contribution in [0, 0.1) is 5.41 Å². The second-order valence-electron chi connectivity index (χ2n) is 9.53. The predicted octanol–water partition coefficient (Wildman–Crippen LogP) is 3.96. The molecule has 162 valence electrons. The van der Waals surface area contributed by atoms with Gasteiger partial charge in [0.05, 0.1) is 7.11 Å². The second-order valence-corrected chi connectivity index (χ2v) is 11.2. The van der Waals surface area contributed by atoms with Gasteiger partial charge in [-0.15, -0.1) is 0 Å². The van der Waals surface area contributed by atoms with E-state index in [0.717, 1.165) is 44.9 Å². The molecule has 0 radical (unpaired) electrons. The van der Waals surface area contributed by atoms with E-state index >= 15 is 0 Å². The molecule has 1 aliphatic heterocycles. The summed E-state index contributed by atoms with van der Waals surface area (Å²) in [5.41, 5.74) is 0.533. The summed E-state index contributed by atoms with van der Waals surface area (Å²) in [5, 5.41) is 0. The molecular weight excluding hydrogens is 388 g/mol. The highest BCUT2D eigenvalue weighted by atomic mass is 32.2. The highest BCUT2D eigenvalue weighted by Crippen LogP contribution is 2.32. The van der Waals surface area contributed by atoms with E-state index in [-0.39, 0.29) is 34.1 Å². The smallest absolute Gasteiger partial charge is 0.254 e. The third-order valence-corrected chi connectivity index (χ3v) is 7.40. The Morgan fingerprint density at radius 3 is 2.48 bits per heavy atom. The van der Waals surface area contributed by atoms with Crippen LogP contribution in [-0.4, -0.2) is 45.0 Å². The van der Waals surface area contributed by atoms with Crippen LogP contribution in [0.1, 0.15) is 76.1 Å². The Morgan fingerprint density at radius 2 is 1.86 bits per heavy atom. The van der Waals surface area contributed by atoms with E-state index in [9.17, 15) is 13.2 Å². The molecule has 0 bridgehead atoms. The molecule has 1 N–H and O–H groups in total. The predicted molar refractivity (Wildman–Crippen MR) is 114 cm³/mol. The maximum atomic E-state index is 13.2. The van der Waals surface area contributed by atoms with Crippen LogP contribution < -0.4 is 9.46 Å². The van der Waals surface area contributed by atoms with Crippen LogP contribution in [0.2, 0.25) is 0 Å². The Bertz CT molecular complexity index is 839. The van der Waals surface area contributed by atoms with Crippen LogP contribution in [0.4, 0.5) is 0 Å². The summed E-state index contributed by atoms with van der Waals surface area (Å²) >= 11 is 0. The molecule has 2 fully saturated rings. The van der Waals surface area contributed by atoms with Gasteiger partial charge in [0.1, 0.15) is 10.6 Å². The highest BCUT2D eigenvalue weighted by molar-refractivity contribution is 7.89. The van der Waals surface area contributed by atoms with Crippen molar-refractivity contribution in [1.29, 1.82) is 0 Å². The van der Waals surface area contributed by atoms with E-state index in [4.69, 9.17) is 4.74 Å². The van der Waals surface area contributed by atoms with Gasteiger partial charge in [-0.25, -0.2) is 13.1 Å². The minimum absolute atomic E-state index is 0.0428. The summed E-state index contributed by atoms with van der Waals surface area (Å²) in [5.74, 6) is 0.163. The van der Waals surface area contributed by atoms with Gasteiger partial charge in [-0.05, 0) is 55.7 Å². The van der Waals surface area contributed by atoms with E-state index in [2.05, 4.69) is 25.5 Å². The molecular formula is C22H34N2O4S. The van der Waals surface area contributed by atoms with Gasteiger partial charge in [0.2, 0.25) is 10.0 Å². The van der Waals surface area contributed by atoms with Crippen LogP contribution >= 0.6 is 0 Å². The van der Waals surface area contributed by atoms with Gasteiger partial charge >= 0.3 is 0 Å². The fourth-order valence-electron chi connectivity index (χ4n) is 4.53. The van der Waals surface area contributed by atoms with Crippen LogP contribution in [0.5, 0.6) is 5.75 Å². The van der Waals surface area contributed by atoms with Crippen molar-refractivity contribution in [3.05, 3.63) is 23.8 Å². The first-order valence-electron chi connectivity index (χ1n) is 10.6. The maximum Gasteiger partial charge on any atom is 0.254 e. The molecule has 29 heavy (non-hydrogen) atoms. The van der Waals surface area contributed by atoms with Crippen molar-refractivity contribution in [3.63, 3.8) is 0 Å². The molecule has 1 saturated heterocycles. The van der Waals surface area contributed by atoms with Gasteiger partial charge in [-0.1, -0.05) is 33.6 Å². The summed E-state index contributed by atoms with van der Waals surface area (Å²) in [4.78, 5) is 15.2. The lowest BCUT2D eigenvalue weighted by Crippen LogP contribution is -2.38. The fourth-order valence-corrected chi connectivity index (χ4v) is 6.03. The number of amides is 1. The summed E-state index contributed by atoms with van der Waals surface area (Å²) in [6.07, 6.45) is 6.68. The quantitative estimate of drug-likeness (QED) is 0.753. The average molecular weight is 423 g/mol. The summed E-state index contributed by atoms with van der Waals surface area (Å²) in [6.45, 7) is 7.26. The monoisotopic (exact) mass is 422 g/mol. The normalized spacial score (nSPS) is 21.0. The molecule has 3 rings (SSSR count). The van der Waals surface area contributed by atoms with E-state index in [1.54, 1.807) is 12.1 Å². The Labute approximate surface area is 175 Å². The van der Waals surface area contributed by atoms with Crippen molar-refractivity contribution in [3.8, 4) is 5.75 Å². The lowest BCUT2D eigenvalue weighted by atomic mass is 9.87. The van der Waals surface area contributed by atoms with Gasteiger partial charge in [0, 0.05) is 24.2 Å². The number of carbonyl (C=O) groups is 1. The zero-order valence-electron chi connectivity index (χ0n) is 18.0. The molecule has 0 spiro atoms. The van der Waals surface area contributed by atoms with Crippen LogP contribution in [0.25, 0.3) is 0 Å². The van der Waals surface area contributed by atoms with Gasteiger partial charge in [0.25, 0.3) is 5.91 Å². The van der Waals surface area contributed by atoms with Crippen LogP contribution in [0.3, 0.4) is 0 Å². The van der Waals surface area contributed by atoms with E-state index < -0.39 is 10.0 Å². The largest absolute Gasteiger partial charge is 0.495 e. The van der Waals surface area contributed by atoms with E-state index in [1.807, 2.05) is 4.90 Å². The first-order chi connectivity index (χ1) is 13.6. The Hall–Kier alpha value is -1.60. The van der Waals surface area contributed by atoms with Crippen molar-refractivity contribution in [2.24, 2.45) is 5.41 Å². The zero-order chi connectivity index (χ0) is 21.2. The number of carbonyl (C=O) groups excluding carboxylic acids is 1. The molecule has 1 aromatic carbocycles. The summed E-state index contributed by atoms with van der Waals surface area (Å²) in [6, 6.07) is 4.89. The second kappa shape index (κ2) is 8.64. The number of hydrogen-bond donors (Lipinski definition) is 1. The number of ether oxygens (including phenoxy) is 1. The van der Waals surface area contributed by atoms with Crippen molar-refractivity contribution in [2.45, 2.75) is 82.7 Å². The standard InChI is InChI=1S/C22H34N2O4S/c1-22(2,3)15-18-10-7-13-24(18)21(25)16-11-12-19(28-4)20(14-16)29(26,27)23-17-8-5-6-9-17/h11-12,14,17-18,23H,5-10,13,15H2,1-4H3. The molecule has 1 unspecified atom stereocenters. The van der Waals surface area contributed by atoms with Gasteiger partial charge in [-0.2, -0.15) is 0 Å². The Morgan fingerprint density at radius 1 is 1.17 bits per heavy atom. The minimum atomic E-state index is -3.75. The molecule has 0 aromatic heterocycles. The number of nitrogens with one attached hydrogen (secondary N) is 1.